The van der Waals surface area contributed by atoms with E-state index in [4.69, 9.17) is 4.74 Å². The normalized spacial score (nSPS) is 21.8. The van der Waals surface area contributed by atoms with Crippen molar-refractivity contribution in [3.8, 4) is 0 Å². The highest BCUT2D eigenvalue weighted by Gasteiger charge is 2.31. The van der Waals surface area contributed by atoms with Gasteiger partial charge in [0.25, 0.3) is 10.2 Å². The van der Waals surface area contributed by atoms with E-state index in [0.717, 1.165) is 25.8 Å². The van der Waals surface area contributed by atoms with Crippen LogP contribution in [0.4, 0.5) is 0 Å². The van der Waals surface area contributed by atoms with Gasteiger partial charge >= 0.3 is 0 Å². The van der Waals surface area contributed by atoms with Gasteiger partial charge in [-0.05, 0) is 25.8 Å². The van der Waals surface area contributed by atoms with Crippen molar-refractivity contribution in [2.45, 2.75) is 45.3 Å². The standard InChI is InChI=1S/C13H29N3O3S/c1-12(2)14-8-6-9-15(3)20(17,18)16-10-5-7-13(11-16)19-4/h12-14H,5-11H2,1-4H3. The highest BCUT2D eigenvalue weighted by atomic mass is 32.2. The maximum atomic E-state index is 12.5. The van der Waals surface area contributed by atoms with Crippen LogP contribution in [0.3, 0.4) is 0 Å². The van der Waals surface area contributed by atoms with Crippen LogP contribution in [0, 0.1) is 0 Å². The van der Waals surface area contributed by atoms with Crippen LogP contribution < -0.4 is 5.32 Å². The van der Waals surface area contributed by atoms with Gasteiger partial charge in [-0.15, -0.1) is 0 Å². The molecule has 7 heteroatoms. The molecule has 0 aromatic heterocycles. The summed E-state index contributed by atoms with van der Waals surface area (Å²) < 4.78 is 33.2. The topological polar surface area (TPSA) is 61.9 Å². The Kier molecular flexibility index (Phi) is 7.39. The fraction of sp³-hybridized carbons (Fsp3) is 1.00. The largest absolute Gasteiger partial charge is 0.380 e. The van der Waals surface area contributed by atoms with Gasteiger partial charge in [-0.2, -0.15) is 17.0 Å². The lowest BCUT2D eigenvalue weighted by Gasteiger charge is -2.33. The highest BCUT2D eigenvalue weighted by Crippen LogP contribution is 2.17. The summed E-state index contributed by atoms with van der Waals surface area (Å²) in [6.07, 6.45) is 2.63. The third-order valence-corrected chi connectivity index (χ3v) is 5.55. The van der Waals surface area contributed by atoms with Gasteiger partial charge in [0, 0.05) is 39.8 Å². The zero-order valence-corrected chi connectivity index (χ0v) is 13.9. The summed E-state index contributed by atoms with van der Waals surface area (Å²) in [6.45, 7) is 6.59. The molecule has 1 aliphatic rings. The number of hydrogen-bond acceptors (Lipinski definition) is 4. The number of nitrogens with one attached hydrogen (secondary N) is 1. The van der Waals surface area contributed by atoms with Gasteiger partial charge in [0.2, 0.25) is 0 Å². The minimum absolute atomic E-state index is 0.0227. The summed E-state index contributed by atoms with van der Waals surface area (Å²) in [5, 5.41) is 3.29. The van der Waals surface area contributed by atoms with Crippen molar-refractivity contribution >= 4 is 10.2 Å². The first-order valence-electron chi connectivity index (χ1n) is 7.35. The van der Waals surface area contributed by atoms with Crippen LogP contribution in [0.1, 0.15) is 33.1 Å². The van der Waals surface area contributed by atoms with Crippen LogP contribution in [0.5, 0.6) is 0 Å². The first-order chi connectivity index (χ1) is 9.37. The number of hydrogen-bond donors (Lipinski definition) is 1. The van der Waals surface area contributed by atoms with E-state index in [9.17, 15) is 8.42 Å². The molecule has 0 amide bonds. The molecule has 6 nitrogen and oxygen atoms in total. The van der Waals surface area contributed by atoms with E-state index in [1.165, 1.54) is 4.31 Å². The van der Waals surface area contributed by atoms with E-state index in [2.05, 4.69) is 19.2 Å². The third-order valence-electron chi connectivity index (χ3n) is 3.60. The first kappa shape index (κ1) is 17.8. The number of piperidine rings is 1. The van der Waals surface area contributed by atoms with Crippen molar-refractivity contribution in [1.29, 1.82) is 0 Å². The number of nitrogens with zero attached hydrogens (tertiary/aromatic N) is 2. The molecule has 0 aromatic rings. The average Bonchev–Trinajstić information content (AvgIpc) is 2.43. The number of ether oxygens (including phenoxy) is 1. The average molecular weight is 307 g/mol. The Bertz CT molecular complexity index is 373. The van der Waals surface area contributed by atoms with Crippen molar-refractivity contribution in [2.24, 2.45) is 0 Å². The smallest absolute Gasteiger partial charge is 0.281 e. The lowest BCUT2D eigenvalue weighted by molar-refractivity contribution is 0.0556. The molecule has 0 radical (unpaired) electrons. The molecule has 0 spiro atoms. The molecule has 0 aliphatic carbocycles. The van der Waals surface area contributed by atoms with E-state index in [1.807, 2.05) is 0 Å². The molecule has 0 bridgehead atoms. The zero-order valence-electron chi connectivity index (χ0n) is 13.1. The van der Waals surface area contributed by atoms with Crippen molar-refractivity contribution in [2.75, 3.05) is 40.3 Å². The fourth-order valence-electron chi connectivity index (χ4n) is 2.31. The van der Waals surface area contributed by atoms with Crippen molar-refractivity contribution < 1.29 is 13.2 Å². The third kappa shape index (κ3) is 5.29. The lowest BCUT2D eigenvalue weighted by atomic mass is 10.1. The van der Waals surface area contributed by atoms with Gasteiger partial charge in [0.1, 0.15) is 0 Å². The van der Waals surface area contributed by atoms with Gasteiger partial charge in [0.15, 0.2) is 0 Å². The molecule has 1 fully saturated rings. The maximum Gasteiger partial charge on any atom is 0.281 e. The first-order valence-corrected chi connectivity index (χ1v) is 8.75. The van der Waals surface area contributed by atoms with Crippen molar-refractivity contribution in [3.63, 3.8) is 0 Å². The van der Waals surface area contributed by atoms with Gasteiger partial charge in [-0.1, -0.05) is 13.8 Å². The van der Waals surface area contributed by atoms with E-state index < -0.39 is 10.2 Å². The molecule has 0 aromatic carbocycles. The molecule has 1 unspecified atom stereocenters. The van der Waals surface area contributed by atoms with E-state index >= 15 is 0 Å². The van der Waals surface area contributed by atoms with Crippen LogP contribution in [0.2, 0.25) is 0 Å². The molecule has 1 aliphatic heterocycles. The molecule has 0 saturated carbocycles. The molecular weight excluding hydrogens is 278 g/mol. The molecule has 1 rings (SSSR count). The summed E-state index contributed by atoms with van der Waals surface area (Å²) >= 11 is 0. The molecule has 120 valence electrons. The Labute approximate surface area is 123 Å². The molecule has 1 atom stereocenters. The summed E-state index contributed by atoms with van der Waals surface area (Å²) in [7, 11) is -0.0520. The number of rotatable bonds is 8. The SMILES string of the molecule is COC1CCCN(S(=O)(=O)N(C)CCCNC(C)C)C1. The Morgan fingerprint density at radius 2 is 2.15 bits per heavy atom. The summed E-state index contributed by atoms with van der Waals surface area (Å²) in [6, 6.07) is 0.432. The lowest BCUT2D eigenvalue weighted by Crippen LogP contribution is -2.48. The van der Waals surface area contributed by atoms with Crippen LogP contribution in [0.15, 0.2) is 0 Å². The molecule has 1 N–H and O–H groups in total. The second-order valence-electron chi connectivity index (χ2n) is 5.65. The molecule has 20 heavy (non-hydrogen) atoms. The van der Waals surface area contributed by atoms with Crippen LogP contribution in [0.25, 0.3) is 0 Å². The minimum Gasteiger partial charge on any atom is -0.380 e. The summed E-state index contributed by atoms with van der Waals surface area (Å²) in [5.41, 5.74) is 0. The predicted octanol–water partition coefficient (Wildman–Crippen LogP) is 0.662. The second-order valence-corrected chi connectivity index (χ2v) is 7.69. The fourth-order valence-corrected chi connectivity index (χ4v) is 3.78. The quantitative estimate of drug-likeness (QED) is 0.669. The van der Waals surface area contributed by atoms with E-state index in [-0.39, 0.29) is 6.10 Å². The molecule has 1 saturated heterocycles. The molecule has 1 heterocycles. The Morgan fingerprint density at radius 1 is 1.45 bits per heavy atom. The van der Waals surface area contributed by atoms with Crippen LogP contribution >= 0.6 is 0 Å². The van der Waals surface area contributed by atoms with Gasteiger partial charge in [0.05, 0.1) is 6.10 Å². The molecular formula is C13H29N3O3S. The monoisotopic (exact) mass is 307 g/mol. The predicted molar refractivity (Wildman–Crippen MR) is 80.9 cm³/mol. The van der Waals surface area contributed by atoms with Crippen molar-refractivity contribution in [1.82, 2.24) is 13.9 Å². The minimum atomic E-state index is -3.35. The maximum absolute atomic E-state index is 12.5. The Balaban J connectivity index is 2.45. The number of methoxy groups -OCH3 is 1. The Hall–Kier alpha value is -0.210. The zero-order chi connectivity index (χ0) is 15.2. The van der Waals surface area contributed by atoms with Crippen LogP contribution in [-0.2, 0) is 14.9 Å². The van der Waals surface area contributed by atoms with E-state index in [1.54, 1.807) is 18.5 Å². The van der Waals surface area contributed by atoms with E-state index in [0.29, 0.717) is 25.7 Å². The Morgan fingerprint density at radius 3 is 2.75 bits per heavy atom. The van der Waals surface area contributed by atoms with Gasteiger partial charge in [-0.3, -0.25) is 0 Å². The summed E-state index contributed by atoms with van der Waals surface area (Å²) in [5.74, 6) is 0. The van der Waals surface area contributed by atoms with Crippen LogP contribution in [-0.4, -0.2) is 69.5 Å². The highest BCUT2D eigenvalue weighted by molar-refractivity contribution is 7.86. The second kappa shape index (κ2) is 8.29. The van der Waals surface area contributed by atoms with Gasteiger partial charge < -0.3 is 10.1 Å². The van der Waals surface area contributed by atoms with Crippen molar-refractivity contribution in [3.05, 3.63) is 0 Å². The summed E-state index contributed by atoms with van der Waals surface area (Å²) in [4.78, 5) is 0. The van der Waals surface area contributed by atoms with Gasteiger partial charge in [-0.25, -0.2) is 0 Å².